The summed E-state index contributed by atoms with van der Waals surface area (Å²) < 4.78 is 20.9. The van der Waals surface area contributed by atoms with Crippen LogP contribution in [0.4, 0.5) is 0 Å². The van der Waals surface area contributed by atoms with Crippen molar-refractivity contribution in [1.29, 1.82) is 0 Å². The van der Waals surface area contributed by atoms with Crippen LogP contribution in [-0.2, 0) is 18.9 Å². The monoisotopic (exact) mass is 280 g/mol. The molecule has 0 rings (SSSR count). The van der Waals surface area contributed by atoms with E-state index in [1.807, 2.05) is 0 Å². The largest absolute Gasteiger partial charge is 0.382 e. The third-order valence-electron chi connectivity index (χ3n) is 2.37. The standard InChI is InChI=1S/C13H28O4S/c1-14-7-8-16-11-12-17-10-9-15-6-4-2-3-5-13-18/h18H,2-13H2,1H3. The molecule has 0 aromatic heterocycles. The van der Waals surface area contributed by atoms with Gasteiger partial charge in [-0.05, 0) is 18.6 Å². The maximum Gasteiger partial charge on any atom is 0.0701 e. The first-order chi connectivity index (χ1) is 8.91. The van der Waals surface area contributed by atoms with Gasteiger partial charge in [-0.25, -0.2) is 0 Å². The second kappa shape index (κ2) is 17.2. The Kier molecular flexibility index (Phi) is 17.4. The minimum atomic E-state index is 0.618. The summed E-state index contributed by atoms with van der Waals surface area (Å²) in [6, 6.07) is 0. The van der Waals surface area contributed by atoms with Crippen molar-refractivity contribution in [1.82, 2.24) is 0 Å². The second-order valence-corrected chi connectivity index (χ2v) is 4.41. The Labute approximate surface area is 117 Å². The van der Waals surface area contributed by atoms with Gasteiger partial charge in [0.2, 0.25) is 0 Å². The Bertz CT molecular complexity index is 131. The number of ether oxygens (including phenoxy) is 4. The zero-order valence-electron chi connectivity index (χ0n) is 11.6. The molecule has 0 aliphatic rings. The summed E-state index contributed by atoms with van der Waals surface area (Å²) in [5.41, 5.74) is 0. The highest BCUT2D eigenvalue weighted by Crippen LogP contribution is 2.00. The highest BCUT2D eigenvalue weighted by Gasteiger charge is 1.92. The fourth-order valence-electron chi connectivity index (χ4n) is 1.35. The van der Waals surface area contributed by atoms with Crippen LogP contribution >= 0.6 is 12.6 Å². The van der Waals surface area contributed by atoms with Gasteiger partial charge in [-0.3, -0.25) is 0 Å². The van der Waals surface area contributed by atoms with E-state index in [2.05, 4.69) is 12.6 Å². The first-order valence-electron chi connectivity index (χ1n) is 6.75. The molecule has 0 bridgehead atoms. The number of unbranched alkanes of at least 4 members (excludes halogenated alkanes) is 3. The van der Waals surface area contributed by atoms with Crippen LogP contribution in [0.3, 0.4) is 0 Å². The average Bonchev–Trinajstić information content (AvgIpc) is 2.39. The summed E-state index contributed by atoms with van der Waals surface area (Å²) in [5.74, 6) is 0.987. The summed E-state index contributed by atoms with van der Waals surface area (Å²) >= 11 is 4.17. The van der Waals surface area contributed by atoms with E-state index in [1.54, 1.807) is 7.11 Å². The van der Waals surface area contributed by atoms with E-state index in [1.165, 1.54) is 19.3 Å². The molecule has 0 saturated heterocycles. The minimum absolute atomic E-state index is 0.618. The predicted octanol–water partition coefficient (Wildman–Crippen LogP) is 2.17. The molecule has 0 aromatic rings. The lowest BCUT2D eigenvalue weighted by molar-refractivity contribution is 0.00324. The smallest absolute Gasteiger partial charge is 0.0701 e. The number of thiol groups is 1. The molecule has 0 amide bonds. The molecular weight excluding hydrogens is 252 g/mol. The van der Waals surface area contributed by atoms with E-state index in [0.29, 0.717) is 39.6 Å². The molecule has 0 spiro atoms. The molecule has 4 nitrogen and oxygen atoms in total. The van der Waals surface area contributed by atoms with Crippen molar-refractivity contribution in [3.8, 4) is 0 Å². The first kappa shape index (κ1) is 18.2. The van der Waals surface area contributed by atoms with E-state index in [9.17, 15) is 0 Å². The van der Waals surface area contributed by atoms with Gasteiger partial charge in [0.05, 0.1) is 39.6 Å². The van der Waals surface area contributed by atoms with Gasteiger partial charge in [-0.1, -0.05) is 12.8 Å². The van der Waals surface area contributed by atoms with Crippen LogP contribution < -0.4 is 0 Å². The number of hydrogen-bond donors (Lipinski definition) is 1. The third kappa shape index (κ3) is 16.2. The Hall–Kier alpha value is 0.190. The van der Waals surface area contributed by atoms with Crippen molar-refractivity contribution < 1.29 is 18.9 Å². The highest BCUT2D eigenvalue weighted by molar-refractivity contribution is 7.80. The van der Waals surface area contributed by atoms with E-state index in [0.717, 1.165) is 18.8 Å². The fourth-order valence-corrected chi connectivity index (χ4v) is 1.58. The molecule has 0 unspecified atom stereocenters. The van der Waals surface area contributed by atoms with Crippen LogP contribution in [0.2, 0.25) is 0 Å². The van der Waals surface area contributed by atoms with Gasteiger partial charge < -0.3 is 18.9 Å². The molecule has 0 fully saturated rings. The van der Waals surface area contributed by atoms with Gasteiger partial charge in [-0.2, -0.15) is 12.6 Å². The van der Waals surface area contributed by atoms with E-state index < -0.39 is 0 Å². The average molecular weight is 280 g/mol. The molecule has 18 heavy (non-hydrogen) atoms. The van der Waals surface area contributed by atoms with Crippen molar-refractivity contribution in [3.05, 3.63) is 0 Å². The summed E-state index contributed by atoms with van der Waals surface area (Å²) in [4.78, 5) is 0. The topological polar surface area (TPSA) is 36.9 Å². The molecule has 0 N–H and O–H groups in total. The maximum atomic E-state index is 5.45. The maximum absolute atomic E-state index is 5.45. The highest BCUT2D eigenvalue weighted by atomic mass is 32.1. The van der Waals surface area contributed by atoms with E-state index >= 15 is 0 Å². The Morgan fingerprint density at radius 1 is 0.611 bits per heavy atom. The molecule has 110 valence electrons. The van der Waals surface area contributed by atoms with Gasteiger partial charge in [0.1, 0.15) is 0 Å². The van der Waals surface area contributed by atoms with Crippen LogP contribution in [0, 0.1) is 0 Å². The third-order valence-corrected chi connectivity index (χ3v) is 2.69. The molecule has 0 radical (unpaired) electrons. The van der Waals surface area contributed by atoms with Crippen molar-refractivity contribution in [2.75, 3.05) is 59.1 Å². The van der Waals surface area contributed by atoms with E-state index in [4.69, 9.17) is 18.9 Å². The lowest BCUT2D eigenvalue weighted by Crippen LogP contribution is -2.11. The summed E-state index contributed by atoms with van der Waals surface area (Å²) in [5, 5.41) is 0. The van der Waals surface area contributed by atoms with Crippen molar-refractivity contribution in [2.45, 2.75) is 25.7 Å². The Morgan fingerprint density at radius 3 is 1.67 bits per heavy atom. The van der Waals surface area contributed by atoms with Crippen molar-refractivity contribution in [2.24, 2.45) is 0 Å². The van der Waals surface area contributed by atoms with Gasteiger partial charge in [-0.15, -0.1) is 0 Å². The Morgan fingerprint density at radius 2 is 1.11 bits per heavy atom. The summed E-state index contributed by atoms with van der Waals surface area (Å²) in [7, 11) is 1.66. The molecule has 0 heterocycles. The Balaban J connectivity index is 2.86. The quantitative estimate of drug-likeness (QED) is 0.368. The zero-order valence-corrected chi connectivity index (χ0v) is 12.5. The molecule has 0 aliphatic carbocycles. The van der Waals surface area contributed by atoms with Crippen LogP contribution in [0.15, 0.2) is 0 Å². The molecule has 0 atom stereocenters. The van der Waals surface area contributed by atoms with Crippen LogP contribution in [0.1, 0.15) is 25.7 Å². The first-order valence-corrected chi connectivity index (χ1v) is 7.38. The summed E-state index contributed by atoms with van der Waals surface area (Å²) in [6.45, 7) is 4.65. The van der Waals surface area contributed by atoms with Crippen LogP contribution in [0.5, 0.6) is 0 Å². The fraction of sp³-hybridized carbons (Fsp3) is 1.00. The lowest BCUT2D eigenvalue weighted by atomic mass is 10.2. The molecular formula is C13H28O4S. The van der Waals surface area contributed by atoms with Crippen LogP contribution in [0.25, 0.3) is 0 Å². The number of hydrogen-bond acceptors (Lipinski definition) is 5. The molecule has 5 heteroatoms. The van der Waals surface area contributed by atoms with Gasteiger partial charge >= 0.3 is 0 Å². The summed E-state index contributed by atoms with van der Waals surface area (Å²) in [6.07, 6.45) is 4.82. The molecule has 0 aliphatic heterocycles. The predicted molar refractivity (Wildman–Crippen MR) is 76.7 cm³/mol. The number of methoxy groups -OCH3 is 1. The van der Waals surface area contributed by atoms with Gasteiger partial charge in [0.15, 0.2) is 0 Å². The zero-order chi connectivity index (χ0) is 13.3. The molecule has 0 saturated carbocycles. The van der Waals surface area contributed by atoms with Gasteiger partial charge in [0.25, 0.3) is 0 Å². The normalized spacial score (nSPS) is 11.0. The van der Waals surface area contributed by atoms with Crippen LogP contribution in [-0.4, -0.2) is 59.1 Å². The van der Waals surface area contributed by atoms with E-state index in [-0.39, 0.29) is 0 Å². The van der Waals surface area contributed by atoms with Crippen molar-refractivity contribution in [3.63, 3.8) is 0 Å². The minimum Gasteiger partial charge on any atom is -0.382 e. The van der Waals surface area contributed by atoms with Gasteiger partial charge in [0, 0.05) is 13.7 Å². The van der Waals surface area contributed by atoms with Crippen molar-refractivity contribution >= 4 is 12.6 Å². The SMILES string of the molecule is COCCOCCOCCOCCCCCCS. The number of rotatable bonds is 15. The molecule has 0 aromatic carbocycles. The second-order valence-electron chi connectivity index (χ2n) is 3.97. The lowest BCUT2D eigenvalue weighted by Gasteiger charge is -2.06.